The first-order valence-electron chi connectivity index (χ1n) is 29.9. The third-order valence-corrected chi connectivity index (χ3v) is 17.8. The van der Waals surface area contributed by atoms with Gasteiger partial charge < -0.3 is 4.57 Å². The average molecular weight is 1140 g/mol. The maximum atomic E-state index is 5.57. The van der Waals surface area contributed by atoms with Crippen LogP contribution in [0.4, 0.5) is 0 Å². The zero-order chi connectivity index (χ0) is 58.3. The summed E-state index contributed by atoms with van der Waals surface area (Å²) in [6.07, 6.45) is 0. The molecular weight excluding hydrogens is 1090 g/mol. The summed E-state index contributed by atoms with van der Waals surface area (Å²) >= 11 is 0. The largest absolute Gasteiger partial charge is 0.307 e. The topological polar surface area (TPSA) is 102 Å². The Morgan fingerprint density at radius 1 is 0.202 bits per heavy atom. The number of nitrogens with zero attached hydrogens (tertiary/aromatic N) is 11. The lowest BCUT2D eigenvalue weighted by molar-refractivity contribution is 0.848. The molecule has 0 fully saturated rings. The summed E-state index contributed by atoms with van der Waals surface area (Å²) in [5.41, 5.74) is 15.0. The molecule has 19 rings (SSSR count). The second kappa shape index (κ2) is 19.1. The van der Waals surface area contributed by atoms with Crippen LogP contribution in [0.1, 0.15) is 0 Å². The van der Waals surface area contributed by atoms with Crippen molar-refractivity contribution in [2.45, 2.75) is 0 Å². The molecule has 0 spiro atoms. The molecule has 0 amide bonds. The Bertz CT molecular complexity index is 5810. The van der Waals surface area contributed by atoms with Crippen LogP contribution >= 0.6 is 0 Å². The molecule has 19 aromatic rings. The standard InChI is InChI=1S/C78H47N11/c1-4-23-48(24-5-1)73-79-74(49-25-6-2-7-26-49)81-75(80-73)89-69-42-22-35-52(70(69)60-45-44-59-57-33-14-16-36-62(57)85(71(59)72(60)89)51-27-8-3-9-28-51)50-43-46-68-61(47-50)58-34-15-21-41-67(58)88(68)78-83-76(86-63-37-17-10-29-53(63)54-30-11-18-38-64(54)86)82-77(84-78)87-65-39-19-12-31-55(65)56-32-13-20-40-66(56)87/h1-47H. The average Bonchev–Trinajstić information content (AvgIpc) is 1.62. The fourth-order valence-electron chi connectivity index (χ4n) is 14.1. The Morgan fingerprint density at radius 2 is 0.562 bits per heavy atom. The molecule has 0 N–H and O–H groups in total. The van der Waals surface area contributed by atoms with E-state index in [9.17, 15) is 0 Å². The van der Waals surface area contributed by atoms with Gasteiger partial charge in [-0.15, -0.1) is 0 Å². The summed E-state index contributed by atoms with van der Waals surface area (Å²) < 4.78 is 11.3. The summed E-state index contributed by atoms with van der Waals surface area (Å²) in [5, 5.41) is 11.0. The highest BCUT2D eigenvalue weighted by Gasteiger charge is 2.27. The van der Waals surface area contributed by atoms with Gasteiger partial charge in [0.1, 0.15) is 0 Å². The van der Waals surface area contributed by atoms with Crippen LogP contribution < -0.4 is 0 Å². The highest BCUT2D eigenvalue weighted by atomic mass is 15.3. The summed E-state index contributed by atoms with van der Waals surface area (Å²) in [4.78, 5) is 32.7. The number of para-hydroxylation sites is 7. The van der Waals surface area contributed by atoms with Crippen molar-refractivity contribution >= 4 is 109 Å². The number of fused-ring (bicyclic) bond motifs is 16. The molecule has 0 bridgehead atoms. The van der Waals surface area contributed by atoms with Gasteiger partial charge in [-0.1, -0.05) is 218 Å². The zero-order valence-electron chi connectivity index (χ0n) is 47.6. The third-order valence-electron chi connectivity index (χ3n) is 17.8. The third kappa shape index (κ3) is 7.27. The van der Waals surface area contributed by atoms with Crippen molar-refractivity contribution in [2.24, 2.45) is 0 Å². The van der Waals surface area contributed by atoms with Gasteiger partial charge in [-0.2, -0.15) is 24.9 Å². The van der Waals surface area contributed by atoms with Gasteiger partial charge >= 0.3 is 0 Å². The number of hydrogen-bond donors (Lipinski definition) is 0. The smallest absolute Gasteiger partial charge is 0.241 e. The van der Waals surface area contributed by atoms with Crippen LogP contribution in [0.15, 0.2) is 285 Å². The lowest BCUT2D eigenvalue weighted by Crippen LogP contribution is -2.13. The summed E-state index contributed by atoms with van der Waals surface area (Å²) in [6, 6.07) is 100. The Balaban J connectivity index is 0.888. The minimum Gasteiger partial charge on any atom is -0.307 e. The Hall–Kier alpha value is -12.3. The van der Waals surface area contributed by atoms with E-state index in [2.05, 4.69) is 272 Å². The molecule has 0 atom stereocenters. The molecule has 7 heterocycles. The molecule has 89 heavy (non-hydrogen) atoms. The molecule has 0 radical (unpaired) electrons. The van der Waals surface area contributed by atoms with Crippen LogP contribution in [0.3, 0.4) is 0 Å². The Labute approximate surface area is 507 Å². The van der Waals surface area contributed by atoms with Gasteiger partial charge in [-0.3, -0.25) is 18.3 Å². The molecule has 0 aliphatic carbocycles. The van der Waals surface area contributed by atoms with Gasteiger partial charge in [0.2, 0.25) is 23.8 Å². The van der Waals surface area contributed by atoms with Crippen LogP contribution in [0.25, 0.3) is 172 Å². The van der Waals surface area contributed by atoms with Crippen LogP contribution in [-0.2, 0) is 0 Å². The van der Waals surface area contributed by atoms with Crippen molar-refractivity contribution in [3.05, 3.63) is 285 Å². The first-order valence-corrected chi connectivity index (χ1v) is 29.9. The second-order valence-electron chi connectivity index (χ2n) is 22.7. The maximum Gasteiger partial charge on any atom is 0.241 e. The van der Waals surface area contributed by atoms with Crippen molar-refractivity contribution in [1.82, 2.24) is 52.7 Å². The zero-order valence-corrected chi connectivity index (χ0v) is 47.6. The van der Waals surface area contributed by atoms with E-state index in [4.69, 9.17) is 29.9 Å². The predicted octanol–water partition coefficient (Wildman–Crippen LogP) is 18.5. The van der Waals surface area contributed by atoms with Gasteiger partial charge in [0.15, 0.2) is 11.6 Å². The van der Waals surface area contributed by atoms with Crippen LogP contribution in [0, 0.1) is 0 Å². The molecule has 414 valence electrons. The van der Waals surface area contributed by atoms with Crippen molar-refractivity contribution in [3.8, 4) is 63.4 Å². The van der Waals surface area contributed by atoms with Crippen LogP contribution in [0.5, 0.6) is 0 Å². The highest BCUT2D eigenvalue weighted by Crippen LogP contribution is 2.46. The fourth-order valence-corrected chi connectivity index (χ4v) is 14.1. The van der Waals surface area contributed by atoms with Crippen molar-refractivity contribution in [2.75, 3.05) is 0 Å². The fraction of sp³-hybridized carbons (Fsp3) is 0. The monoisotopic (exact) mass is 1140 g/mol. The molecule has 12 aromatic carbocycles. The van der Waals surface area contributed by atoms with E-state index in [-0.39, 0.29) is 0 Å². The molecule has 11 nitrogen and oxygen atoms in total. The van der Waals surface area contributed by atoms with Crippen molar-refractivity contribution in [1.29, 1.82) is 0 Å². The summed E-state index contributed by atoms with van der Waals surface area (Å²) in [6.45, 7) is 0. The van der Waals surface area contributed by atoms with Crippen LogP contribution in [-0.4, -0.2) is 52.7 Å². The maximum absolute atomic E-state index is 5.57. The van der Waals surface area contributed by atoms with Gasteiger partial charge in [0, 0.05) is 70.7 Å². The van der Waals surface area contributed by atoms with E-state index in [1.165, 1.54) is 0 Å². The summed E-state index contributed by atoms with van der Waals surface area (Å²) in [5.74, 6) is 3.21. The normalized spacial score (nSPS) is 12.0. The minimum atomic E-state index is 0.498. The highest BCUT2D eigenvalue weighted by molar-refractivity contribution is 6.26. The van der Waals surface area contributed by atoms with Gasteiger partial charge in [0.25, 0.3) is 0 Å². The summed E-state index contributed by atoms with van der Waals surface area (Å²) in [7, 11) is 0. The quantitative estimate of drug-likeness (QED) is 0.150. The molecule has 7 aromatic heterocycles. The molecule has 0 unspecified atom stereocenters. The van der Waals surface area contributed by atoms with E-state index in [0.29, 0.717) is 35.4 Å². The van der Waals surface area contributed by atoms with Crippen LogP contribution in [0.2, 0.25) is 0 Å². The first-order chi connectivity index (χ1) is 44.2. The Kier molecular flexibility index (Phi) is 10.5. The molecule has 0 aliphatic heterocycles. The lowest BCUT2D eigenvalue weighted by atomic mass is 9.97. The molecule has 11 heteroatoms. The minimum absolute atomic E-state index is 0.498. The SMILES string of the molecule is c1ccc(-c2nc(-c3ccccc3)nc(-n3c4cccc(-c5ccc6c(c5)c5ccccc5n6-c5nc(-n6c7ccccc7c7ccccc76)nc(-n6c7ccccc7c7ccccc76)n5)c4c4ccc5c6ccccc6n(-c6ccccc6)c5c43)n2)cc1. The Morgan fingerprint density at radius 3 is 1.04 bits per heavy atom. The molecular formula is C78H47N11. The number of hydrogen-bond acceptors (Lipinski definition) is 6. The van der Waals surface area contributed by atoms with E-state index >= 15 is 0 Å². The molecule has 0 aliphatic rings. The van der Waals surface area contributed by atoms with E-state index in [1.54, 1.807) is 0 Å². The lowest BCUT2D eigenvalue weighted by Gasteiger charge is -2.14. The number of rotatable bonds is 8. The first kappa shape index (κ1) is 49.0. The number of aromatic nitrogens is 11. The molecule has 0 saturated carbocycles. The predicted molar refractivity (Wildman–Crippen MR) is 361 cm³/mol. The number of benzene rings is 12. The van der Waals surface area contributed by atoms with Crippen molar-refractivity contribution < 1.29 is 0 Å². The van der Waals surface area contributed by atoms with Gasteiger partial charge in [-0.25, -0.2) is 4.98 Å². The molecule has 0 saturated heterocycles. The van der Waals surface area contributed by atoms with E-state index in [0.717, 1.165) is 137 Å². The van der Waals surface area contributed by atoms with E-state index in [1.807, 2.05) is 36.4 Å². The van der Waals surface area contributed by atoms with E-state index < -0.39 is 0 Å². The van der Waals surface area contributed by atoms with Crippen molar-refractivity contribution in [3.63, 3.8) is 0 Å². The van der Waals surface area contributed by atoms with Gasteiger partial charge in [-0.05, 0) is 77.9 Å². The second-order valence-corrected chi connectivity index (χ2v) is 22.7. The van der Waals surface area contributed by atoms with Gasteiger partial charge in [0.05, 0.1) is 55.2 Å².